The van der Waals surface area contributed by atoms with Gasteiger partial charge in [0.05, 0.1) is 0 Å². The van der Waals surface area contributed by atoms with Crippen LogP contribution in [-0.4, -0.2) is 17.5 Å². The van der Waals surface area contributed by atoms with Crippen molar-refractivity contribution in [2.24, 2.45) is 5.92 Å². The maximum atomic E-state index is 3.74. The first kappa shape index (κ1) is 18.6. The lowest BCUT2D eigenvalue weighted by atomic mass is 10.0. The van der Waals surface area contributed by atoms with Crippen LogP contribution in [0.2, 0.25) is 0 Å². The van der Waals surface area contributed by atoms with Gasteiger partial charge in [-0.15, -0.1) is 0 Å². The molecule has 1 nitrogen and oxygen atoms in total. The smallest absolute Gasteiger partial charge is 0.0437 e. The molecule has 3 atom stereocenters. The van der Waals surface area contributed by atoms with E-state index in [0.717, 1.165) is 18.9 Å². The van der Waals surface area contributed by atoms with E-state index < -0.39 is 0 Å². The van der Waals surface area contributed by atoms with Gasteiger partial charge in [-0.25, -0.2) is 0 Å². The highest BCUT2D eigenvalue weighted by molar-refractivity contribution is 7.99. The molecule has 0 spiro atoms. The fourth-order valence-electron chi connectivity index (χ4n) is 2.35. The fourth-order valence-corrected chi connectivity index (χ4v) is 3.66. The zero-order chi connectivity index (χ0) is 15.7. The van der Waals surface area contributed by atoms with E-state index in [4.69, 9.17) is 0 Å². The van der Waals surface area contributed by atoms with Gasteiger partial charge < -0.3 is 5.32 Å². The van der Waals surface area contributed by atoms with E-state index in [0.29, 0.717) is 11.3 Å². The molecule has 1 rings (SSSR count). The van der Waals surface area contributed by atoms with Crippen LogP contribution in [0.5, 0.6) is 0 Å². The van der Waals surface area contributed by atoms with Gasteiger partial charge in [0.1, 0.15) is 0 Å². The number of rotatable bonds is 10. The summed E-state index contributed by atoms with van der Waals surface area (Å²) in [6.45, 7) is 12.5. The molecule has 0 fully saturated rings. The second-order valence-electron chi connectivity index (χ2n) is 6.08. The maximum Gasteiger partial charge on any atom is 0.0437 e. The van der Waals surface area contributed by atoms with Crippen LogP contribution >= 0.6 is 11.8 Å². The molecule has 0 saturated carbocycles. The molecule has 21 heavy (non-hydrogen) atoms. The molecule has 1 N–H and O–H groups in total. The van der Waals surface area contributed by atoms with Gasteiger partial charge in [0.25, 0.3) is 0 Å². The van der Waals surface area contributed by atoms with E-state index in [9.17, 15) is 0 Å². The lowest BCUT2D eigenvalue weighted by Gasteiger charge is -2.26. The topological polar surface area (TPSA) is 12.0 Å². The monoisotopic (exact) mass is 307 g/mol. The number of hydrogen-bond donors (Lipinski definition) is 1. The van der Waals surface area contributed by atoms with E-state index in [1.807, 2.05) is 0 Å². The highest BCUT2D eigenvalue weighted by atomic mass is 32.2. The van der Waals surface area contributed by atoms with Gasteiger partial charge in [-0.3, -0.25) is 0 Å². The molecular weight excluding hydrogens is 274 g/mol. The Kier molecular flexibility index (Phi) is 9.10. The molecule has 0 radical (unpaired) electrons. The summed E-state index contributed by atoms with van der Waals surface area (Å²) in [6, 6.07) is 9.65. The standard InChI is InChI=1S/C19H33NS/c1-6-13-20-19(16(5)21-14-15(4)7-2)18-11-9-17(8-3)10-12-18/h9-12,15-16,19-20H,6-8,13-14H2,1-5H3. The number of nitrogens with one attached hydrogen (secondary N) is 1. The molecule has 120 valence electrons. The molecule has 0 aromatic heterocycles. The molecule has 0 amide bonds. The lowest BCUT2D eigenvalue weighted by molar-refractivity contribution is 0.526. The molecule has 1 aromatic rings. The molecule has 3 unspecified atom stereocenters. The summed E-state index contributed by atoms with van der Waals surface area (Å²) >= 11 is 2.11. The van der Waals surface area contributed by atoms with E-state index in [1.165, 1.54) is 29.7 Å². The Morgan fingerprint density at radius 3 is 2.24 bits per heavy atom. The first-order valence-corrected chi connectivity index (χ1v) is 9.60. The summed E-state index contributed by atoms with van der Waals surface area (Å²) in [5.41, 5.74) is 2.86. The summed E-state index contributed by atoms with van der Waals surface area (Å²) in [4.78, 5) is 0. The SMILES string of the molecule is CCCNC(c1ccc(CC)cc1)C(C)SCC(C)CC. The van der Waals surface area contributed by atoms with Gasteiger partial charge in [-0.1, -0.05) is 65.3 Å². The van der Waals surface area contributed by atoms with E-state index in [1.54, 1.807) is 0 Å². The van der Waals surface area contributed by atoms with E-state index in [-0.39, 0.29) is 0 Å². The molecule has 0 heterocycles. The van der Waals surface area contributed by atoms with Crippen molar-refractivity contribution in [3.05, 3.63) is 35.4 Å². The normalized spacial score (nSPS) is 15.7. The second kappa shape index (κ2) is 10.3. The molecule has 0 saturated heterocycles. The van der Waals surface area contributed by atoms with Crippen LogP contribution in [0.15, 0.2) is 24.3 Å². The summed E-state index contributed by atoms with van der Waals surface area (Å²) in [6.07, 6.45) is 3.58. The molecule has 2 heteroatoms. The number of hydrogen-bond acceptors (Lipinski definition) is 2. The highest BCUT2D eigenvalue weighted by Gasteiger charge is 2.19. The van der Waals surface area contributed by atoms with Gasteiger partial charge >= 0.3 is 0 Å². The number of thioether (sulfide) groups is 1. The molecule has 0 aliphatic heterocycles. The zero-order valence-electron chi connectivity index (χ0n) is 14.5. The Morgan fingerprint density at radius 1 is 1.05 bits per heavy atom. The van der Waals surface area contributed by atoms with Crippen LogP contribution in [-0.2, 0) is 6.42 Å². The van der Waals surface area contributed by atoms with Gasteiger partial charge in [-0.05, 0) is 42.2 Å². The summed E-state index contributed by atoms with van der Waals surface area (Å²) in [5.74, 6) is 2.07. The Labute approximate surface area is 136 Å². The van der Waals surface area contributed by atoms with Crippen LogP contribution in [0.3, 0.4) is 0 Å². The van der Waals surface area contributed by atoms with Crippen molar-refractivity contribution >= 4 is 11.8 Å². The van der Waals surface area contributed by atoms with E-state index >= 15 is 0 Å². The van der Waals surface area contributed by atoms with Gasteiger partial charge in [0.2, 0.25) is 0 Å². The molecule has 0 aliphatic carbocycles. The predicted molar refractivity (Wildman–Crippen MR) is 98.2 cm³/mol. The minimum atomic E-state index is 0.463. The van der Waals surface area contributed by atoms with Crippen molar-refractivity contribution in [3.8, 4) is 0 Å². The van der Waals surface area contributed by atoms with Crippen molar-refractivity contribution in [2.45, 2.75) is 65.2 Å². The predicted octanol–water partition coefficient (Wildman–Crippen LogP) is 5.46. The minimum Gasteiger partial charge on any atom is -0.309 e. The quantitative estimate of drug-likeness (QED) is 0.616. The third-order valence-corrected chi connectivity index (χ3v) is 5.73. The molecule has 1 aromatic carbocycles. The van der Waals surface area contributed by atoms with Gasteiger partial charge in [0, 0.05) is 11.3 Å². The van der Waals surface area contributed by atoms with Crippen LogP contribution in [0.4, 0.5) is 0 Å². The Hall–Kier alpha value is -0.470. The summed E-state index contributed by atoms with van der Waals surface area (Å²) in [5, 5.41) is 4.35. The van der Waals surface area contributed by atoms with Crippen molar-refractivity contribution in [3.63, 3.8) is 0 Å². The number of aryl methyl sites for hydroxylation is 1. The van der Waals surface area contributed by atoms with Crippen molar-refractivity contribution in [2.75, 3.05) is 12.3 Å². The average molecular weight is 308 g/mol. The van der Waals surface area contributed by atoms with Crippen molar-refractivity contribution < 1.29 is 0 Å². The fraction of sp³-hybridized carbons (Fsp3) is 0.684. The Morgan fingerprint density at radius 2 is 1.71 bits per heavy atom. The minimum absolute atomic E-state index is 0.463. The van der Waals surface area contributed by atoms with Crippen LogP contribution in [0.1, 0.15) is 64.6 Å². The largest absolute Gasteiger partial charge is 0.309 e. The van der Waals surface area contributed by atoms with Crippen LogP contribution in [0.25, 0.3) is 0 Å². The van der Waals surface area contributed by atoms with E-state index in [2.05, 4.69) is 76.0 Å². The van der Waals surface area contributed by atoms with Gasteiger partial charge in [0.15, 0.2) is 0 Å². The number of benzene rings is 1. The second-order valence-corrected chi connectivity index (χ2v) is 7.49. The molecule has 0 bridgehead atoms. The average Bonchev–Trinajstić information content (AvgIpc) is 2.53. The first-order valence-electron chi connectivity index (χ1n) is 8.56. The Bertz CT molecular complexity index is 374. The highest BCUT2D eigenvalue weighted by Crippen LogP contribution is 2.28. The maximum absolute atomic E-state index is 3.74. The zero-order valence-corrected chi connectivity index (χ0v) is 15.3. The van der Waals surface area contributed by atoms with Crippen LogP contribution < -0.4 is 5.32 Å². The lowest BCUT2D eigenvalue weighted by Crippen LogP contribution is -2.29. The summed E-state index contributed by atoms with van der Waals surface area (Å²) in [7, 11) is 0. The molecule has 0 aliphatic rings. The van der Waals surface area contributed by atoms with Crippen LogP contribution in [0, 0.1) is 5.92 Å². The third-order valence-electron chi connectivity index (χ3n) is 4.17. The summed E-state index contributed by atoms with van der Waals surface area (Å²) < 4.78 is 0. The van der Waals surface area contributed by atoms with Gasteiger partial charge in [-0.2, -0.15) is 11.8 Å². The van der Waals surface area contributed by atoms with Crippen molar-refractivity contribution in [1.82, 2.24) is 5.32 Å². The first-order chi connectivity index (χ1) is 10.1. The third kappa shape index (κ3) is 6.44. The van der Waals surface area contributed by atoms with Crippen molar-refractivity contribution in [1.29, 1.82) is 0 Å². The molecular formula is C19H33NS. The Balaban J connectivity index is 2.72.